The fourth-order valence-electron chi connectivity index (χ4n) is 5.73. The highest BCUT2D eigenvalue weighted by molar-refractivity contribution is 7.07. The maximum absolute atomic E-state index is 14.2. The number of aryl methyl sites for hydroxylation is 1. The Labute approximate surface area is 271 Å². The predicted octanol–water partition coefficient (Wildman–Crippen LogP) is 5.45. The highest BCUT2D eigenvalue weighted by Crippen LogP contribution is 2.40. The van der Waals surface area contributed by atoms with E-state index in [9.17, 15) is 19.7 Å². The summed E-state index contributed by atoms with van der Waals surface area (Å²) in [4.78, 5) is 44.4. The smallest absolute Gasteiger partial charge is 0.338 e. The van der Waals surface area contributed by atoms with Gasteiger partial charge in [0.15, 0.2) is 16.3 Å². The number of furan rings is 1. The molecule has 2 aliphatic rings. The van der Waals surface area contributed by atoms with Crippen LogP contribution in [0.15, 0.2) is 92.6 Å². The van der Waals surface area contributed by atoms with Crippen LogP contribution in [-0.2, 0) is 9.53 Å². The molecule has 0 fully saturated rings. The molecule has 236 valence electrons. The number of carbonyl (C=O) groups excluding carboxylic acids is 1. The first-order valence-electron chi connectivity index (χ1n) is 14.8. The largest absolute Gasteiger partial charge is 0.463 e. The van der Waals surface area contributed by atoms with Crippen LogP contribution in [0, 0.1) is 24.0 Å². The van der Waals surface area contributed by atoms with E-state index in [2.05, 4.69) is 0 Å². The van der Waals surface area contributed by atoms with Crippen molar-refractivity contribution < 1.29 is 28.3 Å². The summed E-state index contributed by atoms with van der Waals surface area (Å²) in [6, 6.07) is 20.4. The number of ether oxygens (including phenoxy) is 3. The highest BCUT2D eigenvalue weighted by Gasteiger charge is 2.36. The molecule has 0 saturated heterocycles. The van der Waals surface area contributed by atoms with Gasteiger partial charge in [-0.05, 0) is 62.2 Å². The van der Waals surface area contributed by atoms with E-state index in [0.29, 0.717) is 60.3 Å². The monoisotopic (exact) mass is 649 g/mol. The van der Waals surface area contributed by atoms with Crippen LogP contribution < -0.4 is 24.4 Å². The summed E-state index contributed by atoms with van der Waals surface area (Å²) < 4.78 is 24.6. The lowest BCUT2D eigenvalue weighted by Crippen LogP contribution is -2.40. The predicted molar refractivity (Wildman–Crippen MR) is 174 cm³/mol. The summed E-state index contributed by atoms with van der Waals surface area (Å²) in [6.45, 7) is 5.43. The molecule has 0 N–H and O–H groups in total. The zero-order valence-electron chi connectivity index (χ0n) is 25.5. The number of rotatable bonds is 7. The minimum Gasteiger partial charge on any atom is -0.463 e. The zero-order valence-corrected chi connectivity index (χ0v) is 26.3. The van der Waals surface area contributed by atoms with E-state index in [1.165, 1.54) is 10.6 Å². The molecule has 1 atom stereocenters. The molecule has 0 spiro atoms. The Bertz CT molecular complexity index is 2300. The Balaban J connectivity index is 1.41. The van der Waals surface area contributed by atoms with Crippen LogP contribution in [0.25, 0.3) is 23.1 Å². The van der Waals surface area contributed by atoms with Crippen molar-refractivity contribution in [2.24, 2.45) is 4.99 Å². The summed E-state index contributed by atoms with van der Waals surface area (Å²) in [7, 11) is 0. The van der Waals surface area contributed by atoms with Crippen molar-refractivity contribution in [1.29, 1.82) is 0 Å². The van der Waals surface area contributed by atoms with Gasteiger partial charge in [0.1, 0.15) is 11.5 Å². The van der Waals surface area contributed by atoms with E-state index in [1.54, 1.807) is 57.2 Å². The number of thiazole rings is 1. The first kappa shape index (κ1) is 29.9. The van der Waals surface area contributed by atoms with Gasteiger partial charge in [-0.15, -0.1) is 0 Å². The molecule has 0 saturated carbocycles. The van der Waals surface area contributed by atoms with E-state index in [1.807, 2.05) is 36.4 Å². The van der Waals surface area contributed by atoms with Gasteiger partial charge in [-0.1, -0.05) is 47.7 Å². The van der Waals surface area contributed by atoms with Crippen molar-refractivity contribution in [2.45, 2.75) is 26.8 Å². The molecule has 2 aliphatic heterocycles. The maximum Gasteiger partial charge on any atom is 0.338 e. The summed E-state index contributed by atoms with van der Waals surface area (Å²) in [5.41, 5.74) is 3.43. The quantitative estimate of drug-likeness (QED) is 0.129. The zero-order chi connectivity index (χ0) is 32.8. The van der Waals surface area contributed by atoms with Crippen molar-refractivity contribution in [3.05, 3.63) is 136 Å². The molecular weight excluding hydrogens is 622 g/mol. The van der Waals surface area contributed by atoms with Gasteiger partial charge in [-0.3, -0.25) is 19.5 Å². The summed E-state index contributed by atoms with van der Waals surface area (Å²) in [5, 5.41) is 11.6. The number of hydrogen-bond acceptors (Lipinski definition) is 10. The van der Waals surface area contributed by atoms with Gasteiger partial charge in [-0.25, -0.2) is 9.79 Å². The molecule has 11 nitrogen and oxygen atoms in total. The van der Waals surface area contributed by atoms with Gasteiger partial charge in [-0.2, -0.15) is 0 Å². The third kappa shape index (κ3) is 5.32. The Morgan fingerprint density at radius 1 is 1.06 bits per heavy atom. The van der Waals surface area contributed by atoms with Gasteiger partial charge in [0.25, 0.3) is 11.2 Å². The van der Waals surface area contributed by atoms with Gasteiger partial charge in [0, 0.05) is 28.8 Å². The van der Waals surface area contributed by atoms with E-state index in [-0.39, 0.29) is 30.2 Å². The van der Waals surface area contributed by atoms with Crippen LogP contribution in [0.4, 0.5) is 5.69 Å². The number of nitro benzene ring substituents is 1. The van der Waals surface area contributed by atoms with Gasteiger partial charge >= 0.3 is 5.97 Å². The maximum atomic E-state index is 14.2. The van der Waals surface area contributed by atoms with Gasteiger partial charge in [0.2, 0.25) is 6.79 Å². The molecule has 47 heavy (non-hydrogen) atoms. The molecule has 5 aromatic rings. The lowest BCUT2D eigenvalue weighted by atomic mass is 9.93. The highest BCUT2D eigenvalue weighted by atomic mass is 32.1. The molecule has 4 heterocycles. The van der Waals surface area contributed by atoms with E-state index in [4.69, 9.17) is 23.6 Å². The second-order valence-corrected chi connectivity index (χ2v) is 11.9. The molecule has 12 heteroatoms. The fraction of sp³-hybridized carbons (Fsp3) is 0.171. The average molecular weight is 650 g/mol. The topological polar surface area (TPSA) is 135 Å². The second-order valence-electron chi connectivity index (χ2n) is 10.9. The van der Waals surface area contributed by atoms with Crippen molar-refractivity contribution >= 4 is 34.8 Å². The molecule has 0 bridgehead atoms. The van der Waals surface area contributed by atoms with E-state index < -0.39 is 16.9 Å². The van der Waals surface area contributed by atoms with Crippen LogP contribution in [-0.4, -0.2) is 28.9 Å². The van der Waals surface area contributed by atoms with Gasteiger partial charge in [0.05, 0.1) is 33.4 Å². The molecule has 1 unspecified atom stereocenters. The van der Waals surface area contributed by atoms with Crippen LogP contribution in [0.1, 0.15) is 41.0 Å². The third-order valence-electron chi connectivity index (χ3n) is 8.11. The normalized spacial score (nSPS) is 15.4. The van der Waals surface area contributed by atoms with Crippen molar-refractivity contribution in [1.82, 2.24) is 4.57 Å². The van der Waals surface area contributed by atoms with Crippen LogP contribution in [0.5, 0.6) is 11.5 Å². The minimum absolute atomic E-state index is 0.00130. The Morgan fingerprint density at radius 3 is 2.62 bits per heavy atom. The minimum atomic E-state index is -0.889. The second kappa shape index (κ2) is 11.9. The number of fused-ring (bicyclic) bond motifs is 2. The van der Waals surface area contributed by atoms with Crippen LogP contribution in [0.3, 0.4) is 0 Å². The SMILES string of the molecule is CCOC(=O)C1=C(c2ccccc2)N=c2s/c(=C\c3ccc(-c4cc(C)c(C)c([N+](=O)[O-])c4)o3)c(=O)n2C1c1ccc2c(c1)OCO2. The first-order chi connectivity index (χ1) is 22.7. The number of nitro groups is 1. The van der Waals surface area contributed by atoms with Crippen LogP contribution >= 0.6 is 11.3 Å². The molecule has 0 radical (unpaired) electrons. The molecule has 2 aromatic heterocycles. The molecular formula is C35H27N3O8S. The summed E-state index contributed by atoms with van der Waals surface area (Å²) >= 11 is 1.16. The van der Waals surface area contributed by atoms with E-state index >= 15 is 0 Å². The number of nitrogens with zero attached hydrogens (tertiary/aromatic N) is 3. The van der Waals surface area contributed by atoms with Crippen molar-refractivity contribution in [3.8, 4) is 22.8 Å². The lowest BCUT2D eigenvalue weighted by Gasteiger charge is -2.26. The first-order valence-corrected chi connectivity index (χ1v) is 15.6. The van der Waals surface area contributed by atoms with Gasteiger partial charge < -0.3 is 18.6 Å². The molecule has 0 aliphatic carbocycles. The number of aromatic nitrogens is 1. The average Bonchev–Trinajstić information content (AvgIpc) is 3.81. The molecule has 3 aromatic carbocycles. The lowest BCUT2D eigenvalue weighted by molar-refractivity contribution is -0.385. The number of benzene rings is 3. The number of esters is 1. The van der Waals surface area contributed by atoms with Crippen molar-refractivity contribution in [2.75, 3.05) is 13.4 Å². The Hall–Kier alpha value is -5.75. The molecule has 7 rings (SSSR count). The molecule has 0 amide bonds. The van der Waals surface area contributed by atoms with Crippen molar-refractivity contribution in [3.63, 3.8) is 0 Å². The Morgan fingerprint density at radius 2 is 1.85 bits per heavy atom. The Kier molecular flexibility index (Phi) is 7.57. The third-order valence-corrected chi connectivity index (χ3v) is 9.09. The standard InChI is InChI=1S/C35H27N3O8S/c1-4-43-34(40)30-31(21-8-6-5-7-9-21)36-35-37(32(30)22-10-12-27-28(16-22)45-18-44-27)33(39)29(47-35)17-24-11-13-26(46-24)23-14-19(2)20(3)25(15-23)38(41)42/h5-17,32H,4,18H2,1-3H3/b29-17-. The number of hydrogen-bond donors (Lipinski definition) is 0. The van der Waals surface area contributed by atoms with Crippen LogP contribution in [0.2, 0.25) is 0 Å². The summed E-state index contributed by atoms with van der Waals surface area (Å²) in [6.07, 6.45) is 1.61. The van der Waals surface area contributed by atoms with E-state index in [0.717, 1.165) is 16.9 Å². The summed E-state index contributed by atoms with van der Waals surface area (Å²) in [5.74, 6) is 1.27. The fourth-order valence-corrected chi connectivity index (χ4v) is 6.71. The number of carbonyl (C=O) groups is 1.